The van der Waals surface area contributed by atoms with Crippen LogP contribution >= 0.6 is 0 Å². The van der Waals surface area contributed by atoms with Gasteiger partial charge in [0.05, 0.1) is 10.4 Å². The van der Waals surface area contributed by atoms with E-state index in [4.69, 9.17) is 5.11 Å². The average molecular weight is 431 g/mol. The van der Waals surface area contributed by atoms with Crippen LogP contribution < -0.4 is 4.90 Å². The quantitative estimate of drug-likeness (QED) is 0.638. The molecule has 1 aliphatic rings. The third-order valence-corrected chi connectivity index (χ3v) is 6.85. The molecule has 30 heavy (non-hydrogen) atoms. The first-order valence-corrected chi connectivity index (χ1v) is 10.6. The molecule has 0 spiro atoms. The minimum absolute atomic E-state index is 0.191. The van der Waals surface area contributed by atoms with Gasteiger partial charge >= 0.3 is 6.09 Å². The number of rotatable bonds is 4. The number of piperazine rings is 1. The SMILES string of the molecule is O=Cc1cn(S(=O)(=O)c2cccc(F)c2)c2ccc(N3CCN(C(=O)O)CC3)cc12. The number of hydrogen-bond donors (Lipinski definition) is 1. The molecule has 0 aliphatic carbocycles. The predicted octanol–water partition coefficient (Wildman–Crippen LogP) is 2.63. The molecule has 1 aliphatic heterocycles. The van der Waals surface area contributed by atoms with Crippen molar-refractivity contribution in [2.75, 3.05) is 31.1 Å². The number of benzene rings is 2. The number of aromatic nitrogens is 1. The Labute approximate surface area is 171 Å². The fourth-order valence-electron chi connectivity index (χ4n) is 3.60. The van der Waals surface area contributed by atoms with Gasteiger partial charge in [0.15, 0.2) is 6.29 Å². The number of halogens is 1. The van der Waals surface area contributed by atoms with Crippen LogP contribution in [0.4, 0.5) is 14.9 Å². The van der Waals surface area contributed by atoms with Gasteiger partial charge < -0.3 is 14.9 Å². The lowest BCUT2D eigenvalue weighted by atomic mass is 10.1. The van der Waals surface area contributed by atoms with Gasteiger partial charge in [0.25, 0.3) is 10.0 Å². The average Bonchev–Trinajstić information content (AvgIpc) is 3.12. The zero-order valence-electron chi connectivity index (χ0n) is 15.7. The summed E-state index contributed by atoms with van der Waals surface area (Å²) in [6.07, 6.45) is 0.837. The normalized spacial score (nSPS) is 14.8. The van der Waals surface area contributed by atoms with E-state index in [0.717, 1.165) is 21.8 Å². The standard InChI is InChI=1S/C20H18FN3O5S/c21-15-2-1-3-17(10-15)30(28,29)24-12-14(13-25)18-11-16(4-5-19(18)24)22-6-8-23(9-7-22)20(26)27/h1-5,10-13H,6-9H2,(H,26,27). The van der Waals surface area contributed by atoms with Crippen molar-refractivity contribution in [3.63, 3.8) is 0 Å². The maximum Gasteiger partial charge on any atom is 0.407 e. The Morgan fingerprint density at radius 3 is 2.43 bits per heavy atom. The summed E-state index contributed by atoms with van der Waals surface area (Å²) in [5, 5.41) is 9.53. The fourth-order valence-corrected chi connectivity index (χ4v) is 5.01. The molecule has 4 rings (SSSR count). The van der Waals surface area contributed by atoms with Gasteiger partial charge in [-0.25, -0.2) is 21.6 Å². The van der Waals surface area contributed by atoms with E-state index >= 15 is 0 Å². The maximum atomic E-state index is 13.6. The topological polar surface area (TPSA) is 99.9 Å². The van der Waals surface area contributed by atoms with E-state index < -0.39 is 21.9 Å². The van der Waals surface area contributed by atoms with E-state index in [0.29, 0.717) is 43.4 Å². The van der Waals surface area contributed by atoms with E-state index in [1.165, 1.54) is 23.2 Å². The van der Waals surface area contributed by atoms with Crippen molar-refractivity contribution in [2.45, 2.75) is 4.90 Å². The van der Waals surface area contributed by atoms with E-state index in [1.807, 2.05) is 4.90 Å². The number of nitrogens with zero attached hydrogens (tertiary/aromatic N) is 3. The zero-order valence-corrected chi connectivity index (χ0v) is 16.5. The van der Waals surface area contributed by atoms with Gasteiger partial charge in [0.2, 0.25) is 0 Å². The summed E-state index contributed by atoms with van der Waals surface area (Å²) in [6, 6.07) is 9.72. The molecule has 3 aromatic rings. The van der Waals surface area contributed by atoms with Crippen LogP contribution in [0.15, 0.2) is 53.6 Å². The molecule has 1 amide bonds. The number of carbonyl (C=O) groups is 2. The van der Waals surface area contributed by atoms with Crippen LogP contribution in [-0.2, 0) is 10.0 Å². The summed E-state index contributed by atoms with van der Waals surface area (Å²) in [7, 11) is -4.10. The first-order valence-electron chi connectivity index (χ1n) is 9.15. The second kappa shape index (κ2) is 7.45. The van der Waals surface area contributed by atoms with E-state index in [9.17, 15) is 22.4 Å². The highest BCUT2D eigenvalue weighted by Crippen LogP contribution is 2.29. The fraction of sp³-hybridized carbons (Fsp3) is 0.200. The summed E-state index contributed by atoms with van der Waals surface area (Å²) < 4.78 is 40.6. The highest BCUT2D eigenvalue weighted by molar-refractivity contribution is 7.90. The molecular formula is C20H18FN3O5S. The molecule has 1 fully saturated rings. The summed E-state index contributed by atoms with van der Waals surface area (Å²) >= 11 is 0. The minimum atomic E-state index is -4.10. The van der Waals surface area contributed by atoms with Crippen LogP contribution in [0.25, 0.3) is 10.9 Å². The Hall–Kier alpha value is -3.40. The molecule has 2 aromatic carbocycles. The van der Waals surface area contributed by atoms with Crippen LogP contribution in [-0.4, -0.2) is 61.0 Å². The van der Waals surface area contributed by atoms with Crippen molar-refractivity contribution in [1.82, 2.24) is 8.87 Å². The number of carboxylic acid groups (broad SMARTS) is 1. The van der Waals surface area contributed by atoms with Gasteiger partial charge in [-0.1, -0.05) is 6.07 Å². The molecule has 0 radical (unpaired) electrons. The zero-order chi connectivity index (χ0) is 21.5. The molecule has 1 aromatic heterocycles. The Bertz CT molecular complexity index is 1250. The smallest absolute Gasteiger partial charge is 0.407 e. The molecule has 0 atom stereocenters. The Morgan fingerprint density at radius 2 is 1.80 bits per heavy atom. The Morgan fingerprint density at radius 1 is 1.07 bits per heavy atom. The molecule has 1 N–H and O–H groups in total. The maximum absolute atomic E-state index is 13.6. The van der Waals surface area contributed by atoms with Crippen LogP contribution in [0.5, 0.6) is 0 Å². The highest BCUT2D eigenvalue weighted by atomic mass is 32.2. The van der Waals surface area contributed by atoms with Crippen molar-refractivity contribution in [3.8, 4) is 0 Å². The Kier molecular flexibility index (Phi) is 4.94. The predicted molar refractivity (Wildman–Crippen MR) is 108 cm³/mol. The number of anilines is 1. The van der Waals surface area contributed by atoms with Gasteiger partial charge in [0.1, 0.15) is 5.82 Å². The molecule has 0 saturated carbocycles. The first kappa shape index (κ1) is 19.9. The molecule has 0 unspecified atom stereocenters. The monoisotopic (exact) mass is 431 g/mol. The summed E-state index contributed by atoms with van der Waals surface area (Å²) in [6.45, 7) is 1.67. The number of aldehydes is 1. The molecule has 8 nitrogen and oxygen atoms in total. The van der Waals surface area contributed by atoms with Crippen LogP contribution in [0.3, 0.4) is 0 Å². The Balaban J connectivity index is 1.74. The van der Waals surface area contributed by atoms with Gasteiger partial charge in [-0.15, -0.1) is 0 Å². The number of amides is 1. The lowest BCUT2D eigenvalue weighted by molar-refractivity contribution is 0.112. The third kappa shape index (κ3) is 3.39. The largest absolute Gasteiger partial charge is 0.465 e. The highest BCUT2D eigenvalue weighted by Gasteiger charge is 2.24. The molecule has 0 bridgehead atoms. The second-order valence-electron chi connectivity index (χ2n) is 6.92. The molecule has 2 heterocycles. The lowest BCUT2D eigenvalue weighted by Crippen LogP contribution is -2.48. The van der Waals surface area contributed by atoms with Gasteiger partial charge in [-0.2, -0.15) is 0 Å². The number of hydrogen-bond acceptors (Lipinski definition) is 5. The van der Waals surface area contributed by atoms with Gasteiger partial charge in [0, 0.05) is 49.0 Å². The minimum Gasteiger partial charge on any atom is -0.465 e. The lowest BCUT2D eigenvalue weighted by Gasteiger charge is -2.34. The second-order valence-corrected chi connectivity index (χ2v) is 8.73. The third-order valence-electron chi connectivity index (χ3n) is 5.18. The van der Waals surface area contributed by atoms with Crippen molar-refractivity contribution in [2.24, 2.45) is 0 Å². The van der Waals surface area contributed by atoms with Gasteiger partial charge in [-0.3, -0.25) is 4.79 Å². The van der Waals surface area contributed by atoms with E-state index in [1.54, 1.807) is 18.2 Å². The summed E-state index contributed by atoms with van der Waals surface area (Å²) in [5.41, 5.74) is 1.25. The number of carbonyl (C=O) groups excluding carboxylic acids is 1. The van der Waals surface area contributed by atoms with Gasteiger partial charge in [-0.05, 0) is 36.4 Å². The van der Waals surface area contributed by atoms with Crippen LogP contribution in [0.1, 0.15) is 10.4 Å². The van der Waals surface area contributed by atoms with E-state index in [-0.39, 0.29) is 10.5 Å². The van der Waals surface area contributed by atoms with Crippen molar-refractivity contribution in [1.29, 1.82) is 0 Å². The molecule has 1 saturated heterocycles. The molecular weight excluding hydrogens is 413 g/mol. The van der Waals surface area contributed by atoms with Crippen molar-refractivity contribution >= 4 is 39.0 Å². The van der Waals surface area contributed by atoms with E-state index in [2.05, 4.69) is 0 Å². The first-order chi connectivity index (χ1) is 14.3. The number of fused-ring (bicyclic) bond motifs is 1. The van der Waals surface area contributed by atoms with Crippen molar-refractivity contribution in [3.05, 3.63) is 60.0 Å². The van der Waals surface area contributed by atoms with Crippen LogP contribution in [0.2, 0.25) is 0 Å². The van der Waals surface area contributed by atoms with Crippen molar-refractivity contribution < 1.29 is 27.5 Å². The summed E-state index contributed by atoms with van der Waals surface area (Å²) in [4.78, 5) is 25.8. The van der Waals surface area contributed by atoms with Crippen LogP contribution in [0, 0.1) is 5.82 Å². The molecule has 156 valence electrons. The summed E-state index contributed by atoms with van der Waals surface area (Å²) in [5.74, 6) is -0.675. The molecule has 10 heteroatoms.